The zero-order valence-electron chi connectivity index (χ0n) is 13.9. The molecule has 2 aliphatic heterocycles. The van der Waals surface area contributed by atoms with Crippen LogP contribution in [0.5, 0.6) is 0 Å². The van der Waals surface area contributed by atoms with Gasteiger partial charge in [0.2, 0.25) is 0 Å². The van der Waals surface area contributed by atoms with Gasteiger partial charge in [0.1, 0.15) is 0 Å². The lowest BCUT2D eigenvalue weighted by atomic mass is 9.98. The Bertz CT molecular complexity index is 620. The van der Waals surface area contributed by atoms with E-state index < -0.39 is 4.92 Å². The Morgan fingerprint density at radius 2 is 1.88 bits per heavy atom. The van der Waals surface area contributed by atoms with Crippen LogP contribution in [0.25, 0.3) is 0 Å². The molecule has 130 valence electrons. The summed E-state index contributed by atoms with van der Waals surface area (Å²) in [5, 5.41) is 11.1. The number of nitrogens with zero attached hydrogens (tertiary/aromatic N) is 3. The highest BCUT2D eigenvalue weighted by atomic mass is 16.6. The molecule has 0 spiro atoms. The van der Waals surface area contributed by atoms with Gasteiger partial charge in [-0.2, -0.15) is 0 Å². The second-order valence-corrected chi connectivity index (χ2v) is 6.53. The van der Waals surface area contributed by atoms with Crippen LogP contribution in [0.3, 0.4) is 0 Å². The predicted octanol–water partition coefficient (Wildman–Crippen LogP) is 2.30. The van der Waals surface area contributed by atoms with E-state index in [0.29, 0.717) is 50.9 Å². The molecule has 1 aromatic carbocycles. The molecule has 2 aliphatic rings. The predicted molar refractivity (Wildman–Crippen MR) is 90.4 cm³/mol. The van der Waals surface area contributed by atoms with E-state index in [1.165, 1.54) is 12.1 Å². The van der Waals surface area contributed by atoms with Crippen LogP contribution in [0, 0.1) is 16.0 Å². The summed E-state index contributed by atoms with van der Waals surface area (Å²) in [5.74, 6) is 0.518. The molecule has 7 nitrogen and oxygen atoms in total. The van der Waals surface area contributed by atoms with Gasteiger partial charge < -0.3 is 14.5 Å². The van der Waals surface area contributed by atoms with Crippen LogP contribution in [-0.4, -0.2) is 55.1 Å². The first kappa shape index (κ1) is 16.7. The molecule has 3 rings (SSSR count). The number of ether oxygens (including phenoxy) is 1. The molecule has 1 amide bonds. The van der Waals surface area contributed by atoms with Gasteiger partial charge in [-0.05, 0) is 24.8 Å². The van der Waals surface area contributed by atoms with Gasteiger partial charge in [-0.15, -0.1) is 0 Å². The van der Waals surface area contributed by atoms with Crippen molar-refractivity contribution in [2.45, 2.75) is 19.8 Å². The summed E-state index contributed by atoms with van der Waals surface area (Å²) in [6.07, 6.45) is 1.96. The van der Waals surface area contributed by atoms with Crippen molar-refractivity contribution in [1.29, 1.82) is 0 Å². The summed E-state index contributed by atoms with van der Waals surface area (Å²) in [6.45, 7) is 6.20. The van der Waals surface area contributed by atoms with E-state index in [1.807, 2.05) is 4.90 Å². The molecule has 1 aromatic rings. The van der Waals surface area contributed by atoms with E-state index in [1.54, 1.807) is 6.07 Å². The summed E-state index contributed by atoms with van der Waals surface area (Å²) < 4.78 is 5.37. The molecule has 7 heteroatoms. The second-order valence-electron chi connectivity index (χ2n) is 6.53. The minimum Gasteiger partial charge on any atom is -0.378 e. The molecule has 0 atom stereocenters. The largest absolute Gasteiger partial charge is 0.378 e. The van der Waals surface area contributed by atoms with Crippen LogP contribution in [-0.2, 0) is 4.74 Å². The molecular weight excluding hydrogens is 310 g/mol. The Morgan fingerprint density at radius 3 is 2.50 bits per heavy atom. The molecule has 0 saturated carbocycles. The third kappa shape index (κ3) is 3.51. The van der Waals surface area contributed by atoms with Gasteiger partial charge >= 0.3 is 0 Å². The van der Waals surface area contributed by atoms with Crippen molar-refractivity contribution in [2.24, 2.45) is 5.92 Å². The number of hydrogen-bond donors (Lipinski definition) is 0. The fourth-order valence-electron chi connectivity index (χ4n) is 3.27. The van der Waals surface area contributed by atoms with Crippen molar-refractivity contribution in [3.8, 4) is 0 Å². The number of likely N-dealkylation sites (tertiary alicyclic amines) is 1. The molecular formula is C17H23N3O4. The first-order valence-corrected chi connectivity index (χ1v) is 8.46. The number of morpholine rings is 1. The molecule has 0 aromatic heterocycles. The zero-order chi connectivity index (χ0) is 17.1. The Balaban J connectivity index is 1.91. The number of benzene rings is 1. The summed E-state index contributed by atoms with van der Waals surface area (Å²) in [4.78, 5) is 27.6. The zero-order valence-corrected chi connectivity index (χ0v) is 13.9. The van der Waals surface area contributed by atoms with Gasteiger partial charge in [0.15, 0.2) is 0 Å². The SMILES string of the molecule is CC1CCN(C(=O)c2cc([N+](=O)[O-])ccc2N2CCOCC2)CC1. The molecule has 0 aliphatic carbocycles. The lowest BCUT2D eigenvalue weighted by molar-refractivity contribution is -0.384. The highest BCUT2D eigenvalue weighted by Crippen LogP contribution is 2.29. The van der Waals surface area contributed by atoms with Crippen molar-refractivity contribution in [1.82, 2.24) is 4.90 Å². The summed E-state index contributed by atoms with van der Waals surface area (Å²) >= 11 is 0. The van der Waals surface area contributed by atoms with Crippen LogP contribution in [0.4, 0.5) is 11.4 Å². The average Bonchev–Trinajstić information content (AvgIpc) is 2.62. The lowest BCUT2D eigenvalue weighted by Crippen LogP contribution is -2.40. The molecule has 0 unspecified atom stereocenters. The van der Waals surface area contributed by atoms with Gasteiger partial charge in [-0.3, -0.25) is 14.9 Å². The van der Waals surface area contributed by atoms with Crippen LogP contribution in [0.2, 0.25) is 0 Å². The Kier molecular flexibility index (Phi) is 4.99. The molecule has 0 bridgehead atoms. The van der Waals surface area contributed by atoms with Crippen LogP contribution >= 0.6 is 0 Å². The van der Waals surface area contributed by atoms with Crippen molar-refractivity contribution in [2.75, 3.05) is 44.3 Å². The minimum absolute atomic E-state index is 0.0410. The summed E-state index contributed by atoms with van der Waals surface area (Å²) in [7, 11) is 0. The number of amides is 1. The van der Waals surface area contributed by atoms with Crippen LogP contribution < -0.4 is 4.90 Å². The first-order valence-electron chi connectivity index (χ1n) is 8.46. The molecule has 24 heavy (non-hydrogen) atoms. The molecule has 2 fully saturated rings. The standard InChI is InChI=1S/C17H23N3O4/c1-13-4-6-19(7-5-13)17(21)15-12-14(20(22)23)2-3-16(15)18-8-10-24-11-9-18/h2-3,12-13H,4-11H2,1H3. The van der Waals surface area contributed by atoms with Gasteiger partial charge in [0.25, 0.3) is 11.6 Å². The van der Waals surface area contributed by atoms with Crippen LogP contribution in [0.15, 0.2) is 18.2 Å². The Hall–Kier alpha value is -2.15. The third-order valence-electron chi connectivity index (χ3n) is 4.84. The highest BCUT2D eigenvalue weighted by molar-refractivity contribution is 6.00. The number of anilines is 1. The number of hydrogen-bond acceptors (Lipinski definition) is 5. The monoisotopic (exact) mass is 333 g/mol. The van der Waals surface area contributed by atoms with E-state index in [4.69, 9.17) is 4.74 Å². The van der Waals surface area contributed by atoms with Crippen molar-refractivity contribution in [3.63, 3.8) is 0 Å². The maximum atomic E-state index is 13.0. The lowest BCUT2D eigenvalue weighted by Gasteiger charge is -2.33. The molecule has 0 N–H and O–H groups in total. The van der Waals surface area contributed by atoms with E-state index in [0.717, 1.165) is 18.5 Å². The highest BCUT2D eigenvalue weighted by Gasteiger charge is 2.27. The second kappa shape index (κ2) is 7.17. The molecule has 0 radical (unpaired) electrons. The fraction of sp³-hybridized carbons (Fsp3) is 0.588. The fourth-order valence-corrected chi connectivity index (χ4v) is 3.27. The maximum absolute atomic E-state index is 13.0. The van der Waals surface area contributed by atoms with E-state index in [2.05, 4.69) is 11.8 Å². The summed E-state index contributed by atoms with van der Waals surface area (Å²) in [6, 6.07) is 4.59. The normalized spacial score (nSPS) is 19.4. The van der Waals surface area contributed by atoms with Crippen molar-refractivity contribution < 1.29 is 14.5 Å². The van der Waals surface area contributed by atoms with Gasteiger partial charge in [0, 0.05) is 38.3 Å². The molecule has 2 saturated heterocycles. The molecule has 2 heterocycles. The van der Waals surface area contributed by atoms with Crippen LogP contribution in [0.1, 0.15) is 30.1 Å². The quantitative estimate of drug-likeness (QED) is 0.627. The van der Waals surface area contributed by atoms with E-state index in [-0.39, 0.29) is 11.6 Å². The van der Waals surface area contributed by atoms with Crippen molar-refractivity contribution >= 4 is 17.3 Å². The third-order valence-corrected chi connectivity index (χ3v) is 4.84. The van der Waals surface area contributed by atoms with E-state index in [9.17, 15) is 14.9 Å². The number of non-ortho nitro benzene ring substituents is 1. The first-order chi connectivity index (χ1) is 11.6. The number of rotatable bonds is 3. The number of nitro benzene ring substituents is 1. The van der Waals surface area contributed by atoms with Crippen molar-refractivity contribution in [3.05, 3.63) is 33.9 Å². The maximum Gasteiger partial charge on any atom is 0.270 e. The average molecular weight is 333 g/mol. The Morgan fingerprint density at radius 1 is 1.21 bits per heavy atom. The minimum atomic E-state index is -0.446. The smallest absolute Gasteiger partial charge is 0.270 e. The Labute approximate surface area is 141 Å². The van der Waals surface area contributed by atoms with Gasteiger partial charge in [0.05, 0.1) is 29.4 Å². The summed E-state index contributed by atoms with van der Waals surface area (Å²) in [5.41, 5.74) is 1.16. The number of piperidine rings is 1. The van der Waals surface area contributed by atoms with Gasteiger partial charge in [-0.1, -0.05) is 6.92 Å². The number of nitro groups is 1. The van der Waals surface area contributed by atoms with Gasteiger partial charge in [-0.25, -0.2) is 0 Å². The number of carbonyl (C=O) groups excluding carboxylic acids is 1. The van der Waals surface area contributed by atoms with E-state index >= 15 is 0 Å². The number of carbonyl (C=O) groups is 1. The topological polar surface area (TPSA) is 75.9 Å².